The van der Waals surface area contributed by atoms with E-state index in [1.807, 2.05) is 0 Å². The van der Waals surface area contributed by atoms with Crippen molar-refractivity contribution in [2.75, 3.05) is 14.2 Å². The van der Waals surface area contributed by atoms with Crippen LogP contribution in [0.1, 0.15) is 6.42 Å². The molecule has 0 N–H and O–H groups in total. The average molecular weight is 184 g/mol. The molecule has 0 amide bonds. The Balaban J connectivity index is 2.74. The van der Waals surface area contributed by atoms with Gasteiger partial charge in [-0.3, -0.25) is 9.59 Å². The summed E-state index contributed by atoms with van der Waals surface area (Å²) in [6.07, 6.45) is 1.90. The Labute approximate surface area is 76.5 Å². The van der Waals surface area contributed by atoms with Crippen molar-refractivity contribution in [1.82, 2.24) is 0 Å². The molecule has 1 rings (SSSR count). The zero-order valence-corrected chi connectivity index (χ0v) is 7.70. The molecular formula is C9H12O4. The van der Waals surface area contributed by atoms with E-state index >= 15 is 0 Å². The molecule has 0 unspecified atom stereocenters. The first-order valence-electron chi connectivity index (χ1n) is 3.92. The van der Waals surface area contributed by atoms with Crippen molar-refractivity contribution in [3.8, 4) is 0 Å². The van der Waals surface area contributed by atoms with Gasteiger partial charge in [0.15, 0.2) is 0 Å². The highest BCUT2D eigenvalue weighted by molar-refractivity contribution is 5.92. The first-order valence-corrected chi connectivity index (χ1v) is 3.92. The zero-order chi connectivity index (χ0) is 10.1. The van der Waals surface area contributed by atoms with Crippen LogP contribution in [0.25, 0.3) is 0 Å². The molecule has 4 heteroatoms. The van der Waals surface area contributed by atoms with Gasteiger partial charge in [-0.25, -0.2) is 0 Å². The summed E-state index contributed by atoms with van der Waals surface area (Å²) in [6, 6.07) is 0. The van der Waals surface area contributed by atoms with E-state index in [2.05, 4.69) is 16.1 Å². The molecule has 0 aromatic heterocycles. The van der Waals surface area contributed by atoms with Crippen molar-refractivity contribution in [3.05, 3.63) is 12.7 Å². The lowest BCUT2D eigenvalue weighted by Gasteiger charge is -2.07. The first kappa shape index (κ1) is 9.77. The summed E-state index contributed by atoms with van der Waals surface area (Å²) in [5, 5.41) is 0. The Morgan fingerprint density at radius 3 is 2.46 bits per heavy atom. The predicted octanol–water partition coefficient (Wildman–Crippen LogP) is 0.525. The maximum atomic E-state index is 11.3. The van der Waals surface area contributed by atoms with Crippen LogP contribution in [-0.4, -0.2) is 26.2 Å². The highest BCUT2D eigenvalue weighted by atomic mass is 16.5. The highest BCUT2D eigenvalue weighted by Gasteiger charge is 2.63. The molecule has 0 aromatic rings. The largest absolute Gasteiger partial charge is 0.469 e. The Morgan fingerprint density at radius 1 is 1.46 bits per heavy atom. The van der Waals surface area contributed by atoms with Gasteiger partial charge in [0.25, 0.3) is 0 Å². The van der Waals surface area contributed by atoms with Crippen molar-refractivity contribution in [3.63, 3.8) is 0 Å². The summed E-state index contributed by atoms with van der Waals surface area (Å²) >= 11 is 0. The van der Waals surface area contributed by atoms with E-state index in [-0.39, 0.29) is 5.97 Å². The molecule has 0 heterocycles. The molecule has 1 saturated carbocycles. The Kier molecular flexibility index (Phi) is 2.40. The van der Waals surface area contributed by atoms with Crippen molar-refractivity contribution < 1.29 is 19.1 Å². The summed E-state index contributed by atoms with van der Waals surface area (Å²) in [6.45, 7) is 3.52. The minimum absolute atomic E-state index is 0.384. The highest BCUT2D eigenvalue weighted by Crippen LogP contribution is 2.54. The maximum Gasteiger partial charge on any atom is 0.316 e. The Bertz CT molecular complexity index is 258. The van der Waals surface area contributed by atoms with Gasteiger partial charge in [-0.05, 0) is 6.42 Å². The number of esters is 2. The lowest BCUT2D eigenvalue weighted by molar-refractivity contribution is -0.150. The van der Waals surface area contributed by atoms with Gasteiger partial charge in [-0.2, -0.15) is 0 Å². The fourth-order valence-electron chi connectivity index (χ4n) is 1.44. The summed E-state index contributed by atoms with van der Waals surface area (Å²) in [4.78, 5) is 22.3. The number of ether oxygens (including phenoxy) is 2. The predicted molar refractivity (Wildman–Crippen MR) is 44.8 cm³/mol. The summed E-state index contributed by atoms with van der Waals surface area (Å²) in [5.74, 6) is -1.22. The summed E-state index contributed by atoms with van der Waals surface area (Å²) in [5.41, 5.74) is -0.832. The van der Waals surface area contributed by atoms with Gasteiger partial charge in [0.05, 0.1) is 25.6 Å². The molecule has 0 radical (unpaired) electrons. The second kappa shape index (κ2) is 3.20. The minimum atomic E-state index is -0.832. The molecule has 0 bridgehead atoms. The van der Waals surface area contributed by atoms with Crippen LogP contribution in [-0.2, 0) is 19.1 Å². The number of carbonyl (C=O) groups is 2. The van der Waals surface area contributed by atoms with Gasteiger partial charge < -0.3 is 9.47 Å². The normalized spacial score (nSPS) is 30.5. The van der Waals surface area contributed by atoms with Gasteiger partial charge in [-0.1, -0.05) is 6.08 Å². The molecule has 0 saturated heterocycles. The van der Waals surface area contributed by atoms with Crippen LogP contribution in [0.3, 0.4) is 0 Å². The second-order valence-electron chi connectivity index (χ2n) is 3.02. The van der Waals surface area contributed by atoms with E-state index in [4.69, 9.17) is 0 Å². The van der Waals surface area contributed by atoms with Gasteiger partial charge in [0.2, 0.25) is 0 Å². The fraction of sp³-hybridized carbons (Fsp3) is 0.556. The molecule has 1 aliphatic rings. The average Bonchev–Trinajstić information content (AvgIpc) is 2.91. The summed E-state index contributed by atoms with van der Waals surface area (Å²) < 4.78 is 9.11. The van der Waals surface area contributed by atoms with Crippen LogP contribution in [0.15, 0.2) is 12.7 Å². The third kappa shape index (κ3) is 1.32. The summed E-state index contributed by atoms with van der Waals surface area (Å²) in [7, 11) is 2.59. The Hall–Kier alpha value is -1.32. The van der Waals surface area contributed by atoms with Gasteiger partial charge >= 0.3 is 11.9 Å². The quantitative estimate of drug-likeness (QED) is 0.474. The molecule has 1 aliphatic carbocycles. The van der Waals surface area contributed by atoms with Crippen molar-refractivity contribution in [2.24, 2.45) is 11.3 Å². The molecule has 0 aromatic carbocycles. The van der Waals surface area contributed by atoms with Crippen LogP contribution in [0.4, 0.5) is 0 Å². The number of hydrogen-bond acceptors (Lipinski definition) is 4. The van der Waals surface area contributed by atoms with Crippen LogP contribution >= 0.6 is 0 Å². The van der Waals surface area contributed by atoms with Gasteiger partial charge in [-0.15, -0.1) is 6.58 Å². The van der Waals surface area contributed by atoms with Crippen LogP contribution in [0.2, 0.25) is 0 Å². The number of hydrogen-bond donors (Lipinski definition) is 0. The van der Waals surface area contributed by atoms with Crippen molar-refractivity contribution >= 4 is 11.9 Å². The van der Waals surface area contributed by atoms with Crippen LogP contribution in [0, 0.1) is 11.3 Å². The number of rotatable bonds is 3. The molecule has 4 nitrogen and oxygen atoms in total. The van der Waals surface area contributed by atoms with E-state index in [0.29, 0.717) is 6.42 Å². The fourth-order valence-corrected chi connectivity index (χ4v) is 1.44. The van der Waals surface area contributed by atoms with Crippen molar-refractivity contribution in [2.45, 2.75) is 6.42 Å². The van der Waals surface area contributed by atoms with E-state index in [1.165, 1.54) is 20.3 Å². The van der Waals surface area contributed by atoms with Crippen molar-refractivity contribution in [1.29, 1.82) is 0 Å². The third-order valence-corrected chi connectivity index (χ3v) is 2.42. The number of methoxy groups -OCH3 is 2. The monoisotopic (exact) mass is 184 g/mol. The molecule has 72 valence electrons. The maximum absolute atomic E-state index is 11.3. The molecule has 0 spiro atoms. The third-order valence-electron chi connectivity index (χ3n) is 2.42. The number of carbonyl (C=O) groups excluding carboxylic acids is 2. The topological polar surface area (TPSA) is 52.6 Å². The molecular weight excluding hydrogens is 172 g/mol. The Morgan fingerprint density at radius 2 is 2.08 bits per heavy atom. The van der Waals surface area contributed by atoms with Gasteiger partial charge in [0.1, 0.15) is 0 Å². The molecule has 2 atom stereocenters. The smallest absolute Gasteiger partial charge is 0.316 e. The lowest BCUT2D eigenvalue weighted by atomic mass is 10.0. The molecule has 13 heavy (non-hydrogen) atoms. The van der Waals surface area contributed by atoms with Crippen LogP contribution in [0.5, 0.6) is 0 Å². The lowest BCUT2D eigenvalue weighted by Crippen LogP contribution is -2.21. The standard InChI is InChI=1S/C9H12O4/c1-4-9(8(11)13-3)5-6(9)7(10)12-2/h4,6H,1,5H2,2-3H3/t6-,9+/m0/s1. The van der Waals surface area contributed by atoms with E-state index in [9.17, 15) is 9.59 Å². The SMILES string of the molecule is C=C[C@@]1(C(=O)OC)C[C@H]1C(=O)OC. The second-order valence-corrected chi connectivity index (χ2v) is 3.02. The van der Waals surface area contributed by atoms with E-state index in [0.717, 1.165) is 0 Å². The van der Waals surface area contributed by atoms with E-state index in [1.54, 1.807) is 0 Å². The van der Waals surface area contributed by atoms with Crippen LogP contribution < -0.4 is 0 Å². The molecule has 1 fully saturated rings. The van der Waals surface area contributed by atoms with Gasteiger partial charge in [0, 0.05) is 0 Å². The minimum Gasteiger partial charge on any atom is -0.469 e. The van der Waals surface area contributed by atoms with E-state index < -0.39 is 17.3 Å². The zero-order valence-electron chi connectivity index (χ0n) is 7.70. The first-order chi connectivity index (χ1) is 6.12. The molecule has 0 aliphatic heterocycles.